The molecule has 0 aromatic heterocycles. The molecule has 0 saturated carbocycles. The van der Waals surface area contributed by atoms with Gasteiger partial charge >= 0.3 is 0 Å². The molecule has 2 nitrogen and oxygen atoms in total. The van der Waals surface area contributed by atoms with E-state index in [9.17, 15) is 0 Å². The van der Waals surface area contributed by atoms with Crippen LogP contribution in [-0.4, -0.2) is 12.8 Å². The average molecular weight is 68.1 g/mol. The van der Waals surface area contributed by atoms with Gasteiger partial charge in [-0.25, -0.2) is 0 Å². The summed E-state index contributed by atoms with van der Waals surface area (Å²) in [7, 11) is 0. The monoisotopic (exact) mass is 68.0 g/mol. The highest BCUT2D eigenvalue weighted by molar-refractivity contribution is 5.62. The lowest BCUT2D eigenvalue weighted by atomic mass is 10.8. The molecule has 2 heteroatoms. The van der Waals surface area contributed by atoms with Crippen molar-refractivity contribution >= 4 is 6.21 Å². The standard InChI is InChI=1S/C3H4N2/c1-2-5-3-4-1/h1,5H,2H2. The molecule has 0 saturated heterocycles. The third kappa shape index (κ3) is 0.450. The fourth-order valence-electron chi connectivity index (χ4n) is 0.228. The molecule has 0 amide bonds. The molecule has 5 heavy (non-hydrogen) atoms. The first kappa shape index (κ1) is 2.85. The molecule has 1 aliphatic rings. The highest BCUT2D eigenvalue weighted by atomic mass is 15.0. The van der Waals surface area contributed by atoms with Gasteiger partial charge < -0.3 is 0 Å². The zero-order chi connectivity index (χ0) is 3.54. The fourth-order valence-corrected chi connectivity index (χ4v) is 0.228. The maximum atomic E-state index is 3.60. The van der Waals surface area contributed by atoms with Crippen molar-refractivity contribution < 1.29 is 0 Å². The summed E-state index contributed by atoms with van der Waals surface area (Å²) in [6.45, 7) is 3.39. The molecule has 1 heterocycles. The molecule has 0 aliphatic carbocycles. The summed E-state index contributed by atoms with van der Waals surface area (Å²) >= 11 is 0. The third-order valence-corrected chi connectivity index (χ3v) is 0.428. The van der Waals surface area contributed by atoms with E-state index < -0.39 is 0 Å². The topological polar surface area (TPSA) is 24.4 Å². The van der Waals surface area contributed by atoms with Crippen molar-refractivity contribution in [2.75, 3.05) is 6.54 Å². The van der Waals surface area contributed by atoms with Gasteiger partial charge in [0.2, 0.25) is 0 Å². The van der Waals surface area contributed by atoms with E-state index in [0.717, 1.165) is 6.54 Å². The van der Waals surface area contributed by atoms with Crippen molar-refractivity contribution in [2.45, 2.75) is 0 Å². The maximum absolute atomic E-state index is 3.60. The van der Waals surface area contributed by atoms with Gasteiger partial charge in [-0.05, 0) is 0 Å². The predicted molar refractivity (Wildman–Crippen MR) is 19.7 cm³/mol. The Balaban J connectivity index is 2.32. The van der Waals surface area contributed by atoms with Gasteiger partial charge in [-0.1, -0.05) is 0 Å². The molecule has 0 fully saturated rings. The van der Waals surface area contributed by atoms with Gasteiger partial charge in [-0.2, -0.15) is 0 Å². The Morgan fingerprint density at radius 3 is 3.20 bits per heavy atom. The Labute approximate surface area is 30.9 Å². The summed E-state index contributed by atoms with van der Waals surface area (Å²) in [6.07, 6.45) is 1.76. The highest BCUT2D eigenvalue weighted by Gasteiger charge is 1.85. The maximum Gasteiger partial charge on any atom is 0.195 e. The molecule has 0 spiro atoms. The van der Waals surface area contributed by atoms with E-state index in [1.54, 1.807) is 6.21 Å². The molecule has 0 atom stereocenters. The number of nitrogens with zero attached hydrogens (tertiary/aromatic N) is 1. The first-order chi connectivity index (χ1) is 2.50. The third-order valence-electron chi connectivity index (χ3n) is 0.428. The zero-order valence-corrected chi connectivity index (χ0v) is 2.73. The number of aliphatic imine (C=N–C) groups is 1. The normalized spacial score (nSPS) is 20.8. The first-order valence-electron chi connectivity index (χ1n) is 1.49. The minimum absolute atomic E-state index is 0.847. The summed E-state index contributed by atoms with van der Waals surface area (Å²) < 4.78 is 0. The van der Waals surface area contributed by atoms with Crippen LogP contribution in [0.5, 0.6) is 0 Å². The number of rotatable bonds is 0. The van der Waals surface area contributed by atoms with Crippen molar-refractivity contribution in [1.29, 1.82) is 0 Å². The van der Waals surface area contributed by atoms with E-state index in [0.29, 0.717) is 0 Å². The van der Waals surface area contributed by atoms with Crippen molar-refractivity contribution in [3.63, 3.8) is 0 Å². The number of hydrogen-bond acceptors (Lipinski definition) is 2. The first-order valence-corrected chi connectivity index (χ1v) is 1.49. The van der Waals surface area contributed by atoms with Gasteiger partial charge in [0, 0.05) is 12.8 Å². The Bertz CT molecular complexity index is 42.9. The molecule has 0 aromatic rings. The lowest BCUT2D eigenvalue weighted by molar-refractivity contribution is 0.965. The van der Waals surface area contributed by atoms with Gasteiger partial charge in [0.15, 0.2) is 6.67 Å². The van der Waals surface area contributed by atoms with Crippen LogP contribution >= 0.6 is 0 Å². The predicted octanol–water partition coefficient (Wildman–Crippen LogP) is -0.343. The highest BCUT2D eigenvalue weighted by Crippen LogP contribution is 1.74. The Kier molecular flexibility index (Phi) is 0.667. The Morgan fingerprint density at radius 2 is 3.00 bits per heavy atom. The second-order valence-electron chi connectivity index (χ2n) is 0.804. The fraction of sp³-hybridized carbons (Fsp3) is 0.333. The van der Waals surface area contributed by atoms with E-state index in [1.807, 2.05) is 0 Å². The van der Waals surface area contributed by atoms with Gasteiger partial charge in [0.1, 0.15) is 0 Å². The smallest absolute Gasteiger partial charge is 0.195 e. The molecule has 26 valence electrons. The molecule has 2 radical (unpaired) electrons. The SMILES string of the molecule is [C]1N=CCN1. The molecule has 1 N–H and O–H groups in total. The van der Waals surface area contributed by atoms with Crippen molar-refractivity contribution in [2.24, 2.45) is 4.99 Å². The van der Waals surface area contributed by atoms with Crippen LogP contribution in [0.25, 0.3) is 0 Å². The van der Waals surface area contributed by atoms with Gasteiger partial charge in [-0.3, -0.25) is 10.3 Å². The largest absolute Gasteiger partial charge is 0.281 e. The number of hydrogen-bond donors (Lipinski definition) is 1. The van der Waals surface area contributed by atoms with Crippen LogP contribution in [0, 0.1) is 6.67 Å². The van der Waals surface area contributed by atoms with Crippen LogP contribution in [0.3, 0.4) is 0 Å². The molecule has 0 bridgehead atoms. The van der Waals surface area contributed by atoms with Gasteiger partial charge in [-0.15, -0.1) is 0 Å². The lowest BCUT2D eigenvalue weighted by Gasteiger charge is -1.72. The van der Waals surface area contributed by atoms with Crippen molar-refractivity contribution in [1.82, 2.24) is 5.32 Å². The second-order valence-corrected chi connectivity index (χ2v) is 0.804. The van der Waals surface area contributed by atoms with Crippen LogP contribution in [0.4, 0.5) is 0 Å². The minimum atomic E-state index is 0.847. The zero-order valence-electron chi connectivity index (χ0n) is 2.73. The van der Waals surface area contributed by atoms with Crippen LogP contribution < -0.4 is 5.32 Å². The Morgan fingerprint density at radius 1 is 2.00 bits per heavy atom. The van der Waals surface area contributed by atoms with E-state index in [2.05, 4.69) is 17.0 Å². The van der Waals surface area contributed by atoms with Gasteiger partial charge in [0.25, 0.3) is 0 Å². The molecule has 1 rings (SSSR count). The average Bonchev–Trinajstić information content (AvgIpc) is 1.76. The van der Waals surface area contributed by atoms with Crippen LogP contribution in [0.15, 0.2) is 4.99 Å². The van der Waals surface area contributed by atoms with Gasteiger partial charge in [0.05, 0.1) is 0 Å². The second kappa shape index (κ2) is 1.17. The summed E-state index contributed by atoms with van der Waals surface area (Å²) in [5, 5.41) is 2.75. The minimum Gasteiger partial charge on any atom is -0.281 e. The Hall–Kier alpha value is -0.370. The molecular formula is C3H4N2. The van der Waals surface area contributed by atoms with E-state index in [1.165, 1.54) is 0 Å². The van der Waals surface area contributed by atoms with E-state index in [-0.39, 0.29) is 0 Å². The summed E-state index contributed by atoms with van der Waals surface area (Å²) in [5.74, 6) is 0. The van der Waals surface area contributed by atoms with Crippen LogP contribution in [-0.2, 0) is 0 Å². The number of nitrogens with one attached hydrogen (secondary N) is 1. The lowest BCUT2D eigenvalue weighted by Crippen LogP contribution is -2.01. The molecule has 0 unspecified atom stereocenters. The molecule has 1 aliphatic heterocycles. The van der Waals surface area contributed by atoms with Crippen LogP contribution in [0.1, 0.15) is 0 Å². The van der Waals surface area contributed by atoms with E-state index >= 15 is 0 Å². The summed E-state index contributed by atoms with van der Waals surface area (Å²) in [4.78, 5) is 3.60. The van der Waals surface area contributed by atoms with Crippen molar-refractivity contribution in [3.05, 3.63) is 6.67 Å². The summed E-state index contributed by atoms with van der Waals surface area (Å²) in [5.41, 5.74) is 0. The molecular weight excluding hydrogens is 64.0 g/mol. The summed E-state index contributed by atoms with van der Waals surface area (Å²) in [6, 6.07) is 0. The molecule has 0 aromatic carbocycles. The van der Waals surface area contributed by atoms with Crippen LogP contribution in [0.2, 0.25) is 0 Å². The van der Waals surface area contributed by atoms with E-state index in [4.69, 9.17) is 0 Å². The van der Waals surface area contributed by atoms with Crippen molar-refractivity contribution in [3.8, 4) is 0 Å². The quantitative estimate of drug-likeness (QED) is 0.412.